The molecule has 1 saturated carbocycles. The third kappa shape index (κ3) is 6.51. The van der Waals surface area contributed by atoms with E-state index >= 15 is 0 Å². The number of rotatable bonds is 9. The van der Waals surface area contributed by atoms with Crippen LogP contribution in [0.3, 0.4) is 0 Å². The Balaban J connectivity index is 1.71. The van der Waals surface area contributed by atoms with Crippen molar-refractivity contribution in [1.82, 2.24) is 20.4 Å². The predicted molar refractivity (Wildman–Crippen MR) is 116 cm³/mol. The first-order valence-corrected chi connectivity index (χ1v) is 10.4. The van der Waals surface area contributed by atoms with Crippen LogP contribution in [0.15, 0.2) is 35.3 Å². The fourth-order valence-electron chi connectivity index (χ4n) is 4.00. The molecule has 1 aromatic rings. The lowest BCUT2D eigenvalue weighted by molar-refractivity contribution is -0.138. The molecule has 156 valence electrons. The highest BCUT2D eigenvalue weighted by atomic mass is 16.2. The maximum Gasteiger partial charge on any atom is 0.230 e. The Morgan fingerprint density at radius 3 is 2.39 bits per heavy atom. The summed E-state index contributed by atoms with van der Waals surface area (Å²) in [6.07, 6.45) is 5.20. The van der Waals surface area contributed by atoms with Gasteiger partial charge in [-0.05, 0) is 38.4 Å². The Kier molecular flexibility index (Phi) is 8.77. The minimum absolute atomic E-state index is 0.232. The van der Waals surface area contributed by atoms with Crippen molar-refractivity contribution in [3.05, 3.63) is 35.9 Å². The summed E-state index contributed by atoms with van der Waals surface area (Å²) in [6, 6.07) is 10.5. The Morgan fingerprint density at radius 1 is 1.11 bits per heavy atom. The minimum atomic E-state index is -0.281. The van der Waals surface area contributed by atoms with Crippen molar-refractivity contribution < 1.29 is 4.79 Å². The second-order valence-corrected chi connectivity index (χ2v) is 8.12. The lowest BCUT2D eigenvalue weighted by atomic mass is 9.84. The van der Waals surface area contributed by atoms with E-state index in [-0.39, 0.29) is 11.3 Å². The van der Waals surface area contributed by atoms with Crippen LogP contribution in [-0.2, 0) is 11.3 Å². The normalized spacial score (nSPS) is 16.2. The number of guanidine groups is 1. The lowest BCUT2D eigenvalue weighted by Crippen LogP contribution is -2.49. The van der Waals surface area contributed by atoms with Gasteiger partial charge in [0.05, 0.1) is 5.41 Å². The average Bonchev–Trinajstić information content (AvgIpc) is 3.17. The van der Waals surface area contributed by atoms with Crippen LogP contribution in [0.25, 0.3) is 0 Å². The molecule has 6 nitrogen and oxygen atoms in total. The van der Waals surface area contributed by atoms with Gasteiger partial charge >= 0.3 is 0 Å². The molecule has 0 heterocycles. The van der Waals surface area contributed by atoms with Crippen LogP contribution in [0.1, 0.15) is 37.7 Å². The molecule has 6 heteroatoms. The van der Waals surface area contributed by atoms with E-state index in [1.807, 2.05) is 20.2 Å². The van der Waals surface area contributed by atoms with E-state index < -0.39 is 0 Å². The maximum atomic E-state index is 12.7. The number of nitrogens with zero attached hydrogens (tertiary/aromatic N) is 3. The highest BCUT2D eigenvalue weighted by molar-refractivity contribution is 5.85. The van der Waals surface area contributed by atoms with Gasteiger partial charge < -0.3 is 20.4 Å². The topological polar surface area (TPSA) is 60.0 Å². The molecule has 1 fully saturated rings. The number of hydrogen-bond acceptors (Lipinski definition) is 3. The number of nitrogens with one attached hydrogen (secondary N) is 2. The standard InChI is InChI=1S/C22H37N5O/c1-23-21(25-18-22(13-8-9-14-22)20(28)26(2)3)24-15-10-16-27(4)17-19-11-6-5-7-12-19/h5-7,11-12H,8-10,13-18H2,1-4H3,(H2,23,24,25). The summed E-state index contributed by atoms with van der Waals surface area (Å²) in [7, 11) is 7.63. The molecule has 1 aliphatic rings. The first kappa shape index (κ1) is 22.2. The first-order chi connectivity index (χ1) is 13.5. The quantitative estimate of drug-likeness (QED) is 0.388. The number of carbonyl (C=O) groups excluding carboxylic acids is 1. The maximum absolute atomic E-state index is 12.7. The van der Waals surface area contributed by atoms with E-state index in [9.17, 15) is 4.79 Å². The van der Waals surface area contributed by atoms with E-state index in [0.29, 0.717) is 6.54 Å². The second kappa shape index (κ2) is 11.1. The van der Waals surface area contributed by atoms with Gasteiger partial charge in [-0.3, -0.25) is 9.79 Å². The molecule has 0 aromatic heterocycles. The number of amides is 1. The summed E-state index contributed by atoms with van der Waals surface area (Å²) in [5, 5.41) is 6.78. The van der Waals surface area contributed by atoms with Gasteiger partial charge in [-0.25, -0.2) is 0 Å². The number of benzene rings is 1. The van der Waals surface area contributed by atoms with Gasteiger partial charge in [0.2, 0.25) is 5.91 Å². The van der Waals surface area contributed by atoms with E-state index in [4.69, 9.17) is 0 Å². The Hall–Kier alpha value is -2.08. The van der Waals surface area contributed by atoms with Crippen molar-refractivity contribution in [3.8, 4) is 0 Å². The van der Waals surface area contributed by atoms with Crippen LogP contribution < -0.4 is 10.6 Å². The van der Waals surface area contributed by atoms with Gasteiger partial charge in [0.1, 0.15) is 0 Å². The highest BCUT2D eigenvalue weighted by Crippen LogP contribution is 2.38. The Labute approximate surface area is 170 Å². The Morgan fingerprint density at radius 2 is 1.79 bits per heavy atom. The van der Waals surface area contributed by atoms with Crippen LogP contribution in [0.4, 0.5) is 0 Å². The van der Waals surface area contributed by atoms with Crippen molar-refractivity contribution in [2.24, 2.45) is 10.4 Å². The molecule has 0 aliphatic heterocycles. The van der Waals surface area contributed by atoms with Crippen molar-refractivity contribution in [2.45, 2.75) is 38.6 Å². The molecule has 2 N–H and O–H groups in total. The fraction of sp³-hybridized carbons (Fsp3) is 0.636. The summed E-state index contributed by atoms with van der Waals surface area (Å²) in [6.45, 7) is 3.48. The van der Waals surface area contributed by atoms with Crippen molar-refractivity contribution >= 4 is 11.9 Å². The number of carbonyl (C=O) groups is 1. The van der Waals surface area contributed by atoms with Gasteiger partial charge in [0.25, 0.3) is 0 Å². The molecule has 0 unspecified atom stereocenters. The molecule has 28 heavy (non-hydrogen) atoms. The van der Waals surface area contributed by atoms with Crippen molar-refractivity contribution in [3.63, 3.8) is 0 Å². The number of hydrogen-bond donors (Lipinski definition) is 2. The molecule has 1 aliphatic carbocycles. The van der Waals surface area contributed by atoms with Gasteiger partial charge in [-0.15, -0.1) is 0 Å². The molecule has 1 amide bonds. The van der Waals surface area contributed by atoms with E-state index in [1.54, 1.807) is 11.9 Å². The second-order valence-electron chi connectivity index (χ2n) is 8.12. The first-order valence-electron chi connectivity index (χ1n) is 10.4. The van der Waals surface area contributed by atoms with E-state index in [0.717, 1.165) is 57.7 Å². The molecule has 0 atom stereocenters. The molecule has 0 spiro atoms. The summed E-state index contributed by atoms with van der Waals surface area (Å²) < 4.78 is 0. The Bertz CT molecular complexity index is 623. The monoisotopic (exact) mass is 387 g/mol. The van der Waals surface area contributed by atoms with Crippen molar-refractivity contribution in [2.75, 3.05) is 47.8 Å². The molecule has 0 saturated heterocycles. The SMILES string of the molecule is CN=C(NCCCN(C)Cc1ccccc1)NCC1(C(=O)N(C)C)CCCC1. The van der Waals surface area contributed by atoms with Gasteiger partial charge in [0.15, 0.2) is 5.96 Å². The zero-order valence-electron chi connectivity index (χ0n) is 18.0. The highest BCUT2D eigenvalue weighted by Gasteiger charge is 2.42. The zero-order valence-corrected chi connectivity index (χ0v) is 18.0. The van der Waals surface area contributed by atoms with Crippen LogP contribution in [0, 0.1) is 5.41 Å². The molecular formula is C22H37N5O. The third-order valence-electron chi connectivity index (χ3n) is 5.54. The molecule has 2 rings (SSSR count). The largest absolute Gasteiger partial charge is 0.356 e. The summed E-state index contributed by atoms with van der Waals surface area (Å²) in [4.78, 5) is 21.1. The lowest BCUT2D eigenvalue weighted by Gasteiger charge is -2.31. The van der Waals surface area contributed by atoms with Crippen LogP contribution in [0.5, 0.6) is 0 Å². The molecule has 0 bridgehead atoms. The molecular weight excluding hydrogens is 350 g/mol. The summed E-state index contributed by atoms with van der Waals surface area (Å²) >= 11 is 0. The minimum Gasteiger partial charge on any atom is -0.356 e. The fourth-order valence-corrected chi connectivity index (χ4v) is 4.00. The average molecular weight is 388 g/mol. The number of aliphatic imine (C=N–C) groups is 1. The van der Waals surface area contributed by atoms with Crippen LogP contribution in [0.2, 0.25) is 0 Å². The summed E-state index contributed by atoms with van der Waals surface area (Å²) in [5.41, 5.74) is 1.06. The van der Waals surface area contributed by atoms with E-state index in [1.165, 1.54) is 5.56 Å². The van der Waals surface area contributed by atoms with Crippen LogP contribution in [-0.4, -0.2) is 69.5 Å². The zero-order chi connectivity index (χ0) is 20.4. The van der Waals surface area contributed by atoms with Crippen molar-refractivity contribution in [1.29, 1.82) is 0 Å². The molecule has 1 aromatic carbocycles. The van der Waals surface area contributed by atoms with E-state index in [2.05, 4.69) is 51.8 Å². The van der Waals surface area contributed by atoms with Gasteiger partial charge in [0, 0.05) is 40.8 Å². The predicted octanol–water partition coefficient (Wildman–Crippen LogP) is 2.32. The smallest absolute Gasteiger partial charge is 0.230 e. The summed E-state index contributed by atoms with van der Waals surface area (Å²) in [5.74, 6) is 1.01. The third-order valence-corrected chi connectivity index (χ3v) is 5.54. The van der Waals surface area contributed by atoms with Gasteiger partial charge in [-0.1, -0.05) is 43.2 Å². The van der Waals surface area contributed by atoms with Gasteiger partial charge in [-0.2, -0.15) is 0 Å². The van der Waals surface area contributed by atoms with Crippen LogP contribution >= 0.6 is 0 Å². The molecule has 0 radical (unpaired) electrons.